The van der Waals surface area contributed by atoms with Gasteiger partial charge >= 0.3 is 5.97 Å². The number of rotatable bonds is 13. The summed E-state index contributed by atoms with van der Waals surface area (Å²) < 4.78 is 19.4. The summed E-state index contributed by atoms with van der Waals surface area (Å²) >= 11 is 0. The van der Waals surface area contributed by atoms with Crippen molar-refractivity contribution in [1.29, 1.82) is 0 Å². The molecule has 15 nitrogen and oxygen atoms in total. The molecule has 1 fully saturated rings. The first-order valence-electron chi connectivity index (χ1n) is 23.5. The van der Waals surface area contributed by atoms with Crippen LogP contribution in [0.15, 0.2) is 95.2 Å². The molecule has 7 rings (SSSR count). The molecular formula is C53H64N8O7. The predicted octanol–water partition coefficient (Wildman–Crippen LogP) is 7.57. The van der Waals surface area contributed by atoms with Gasteiger partial charge in [0.05, 0.1) is 38.6 Å². The van der Waals surface area contributed by atoms with E-state index in [4.69, 9.17) is 14.2 Å². The molecule has 15 heteroatoms. The third kappa shape index (κ3) is 11.2. The number of amides is 3. The molecule has 358 valence electrons. The molecule has 3 aromatic carbocycles. The lowest BCUT2D eigenvalue weighted by Gasteiger charge is -2.36. The van der Waals surface area contributed by atoms with E-state index >= 15 is 0 Å². The van der Waals surface area contributed by atoms with Gasteiger partial charge in [0.1, 0.15) is 29.6 Å². The first kappa shape index (κ1) is 49.2. The number of methoxy groups -OCH3 is 2. The Morgan fingerprint density at radius 3 is 2.62 bits per heavy atom. The van der Waals surface area contributed by atoms with Gasteiger partial charge in [-0.05, 0) is 90.3 Å². The van der Waals surface area contributed by atoms with Crippen molar-refractivity contribution in [3.63, 3.8) is 0 Å². The molecule has 6 bridgehead atoms. The van der Waals surface area contributed by atoms with Crippen LogP contribution in [0.3, 0.4) is 0 Å². The average molecular weight is 925 g/mol. The second kappa shape index (κ2) is 22.0. The molecule has 0 saturated carbocycles. The van der Waals surface area contributed by atoms with Crippen molar-refractivity contribution in [2.24, 2.45) is 21.3 Å². The number of esters is 1. The molecule has 0 spiro atoms. The third-order valence-corrected chi connectivity index (χ3v) is 12.7. The first-order valence-corrected chi connectivity index (χ1v) is 23.5. The van der Waals surface area contributed by atoms with Gasteiger partial charge in [0.25, 0.3) is 5.91 Å². The maximum absolute atomic E-state index is 14.7. The molecule has 2 aliphatic rings. The highest BCUT2D eigenvalue weighted by atomic mass is 16.5. The standard InChI is InChI=1S/C53H64N8O7/c1-9-60-45-20-19-37-28-39(45)40(49(60)41-30-54-23-21-38(41)31-66-7)29-53(4,5)32-68-52(65)43-17-13-25-61(58-43)51(64)44(27-35-14-12-15-36(37)26-35)57-50(63)48(34(2)3)59(6)47(62)22-24-55-33-56-42-16-10-11-18-46(42)67-8/h10-12,14-16,18-21,23,26,28,30,34,43-44,48,58H,9,13,17,22,24-25,27,29,31-32H2,1-8H3,(H,57,63)/t43-,44-,48-/m0/s1. The number of aromatic nitrogens is 2. The summed E-state index contributed by atoms with van der Waals surface area (Å²) in [5, 5.41) is 5.57. The van der Waals surface area contributed by atoms with Crippen LogP contribution in [-0.4, -0.2) is 108 Å². The lowest BCUT2D eigenvalue weighted by Crippen LogP contribution is -2.62. The van der Waals surface area contributed by atoms with Crippen LogP contribution in [0, 0.1) is 11.3 Å². The Hall–Kier alpha value is -6.67. The van der Waals surface area contributed by atoms with Gasteiger partial charge in [0.15, 0.2) is 0 Å². The minimum atomic E-state index is -1.05. The Bertz CT molecular complexity index is 2700. The molecule has 2 aliphatic heterocycles. The van der Waals surface area contributed by atoms with Gasteiger partial charge in [0, 0.05) is 74.4 Å². The number of aryl methyl sites for hydroxylation is 1. The van der Waals surface area contributed by atoms with Crippen LogP contribution in [0.25, 0.3) is 33.3 Å². The smallest absolute Gasteiger partial charge is 0.324 e. The predicted molar refractivity (Wildman–Crippen MR) is 262 cm³/mol. The van der Waals surface area contributed by atoms with Crippen LogP contribution in [0.4, 0.5) is 5.69 Å². The fraction of sp³-hybridized carbons (Fsp3) is 0.434. The van der Waals surface area contributed by atoms with E-state index < -0.39 is 41.3 Å². The number of fused-ring (bicyclic) bond motifs is 6. The first-order chi connectivity index (χ1) is 32.7. The zero-order valence-electron chi connectivity index (χ0n) is 40.5. The maximum Gasteiger partial charge on any atom is 0.324 e. The number of nitrogens with zero attached hydrogens (tertiary/aromatic N) is 6. The Kier molecular flexibility index (Phi) is 15.9. The Morgan fingerprint density at radius 1 is 1.06 bits per heavy atom. The molecule has 2 aromatic heterocycles. The van der Waals surface area contributed by atoms with E-state index in [0.717, 1.165) is 50.0 Å². The van der Waals surface area contributed by atoms with Gasteiger partial charge in [-0.25, -0.2) is 10.4 Å². The average Bonchev–Trinajstić information content (AvgIpc) is 3.63. The molecule has 0 radical (unpaired) electrons. The fourth-order valence-electron chi connectivity index (χ4n) is 9.38. The molecule has 3 amide bonds. The van der Waals surface area contributed by atoms with Crippen LogP contribution in [-0.2, 0) is 54.6 Å². The summed E-state index contributed by atoms with van der Waals surface area (Å²) in [6.07, 6.45) is 5.47. The van der Waals surface area contributed by atoms with E-state index in [-0.39, 0.29) is 37.8 Å². The summed E-state index contributed by atoms with van der Waals surface area (Å²) in [7, 11) is 4.84. The van der Waals surface area contributed by atoms with Crippen molar-refractivity contribution in [2.75, 3.05) is 41.0 Å². The van der Waals surface area contributed by atoms with Crippen LogP contribution < -0.4 is 15.5 Å². The summed E-state index contributed by atoms with van der Waals surface area (Å²) in [6, 6.07) is 23.7. The van der Waals surface area contributed by atoms with Crippen LogP contribution in [0.2, 0.25) is 0 Å². The van der Waals surface area contributed by atoms with Crippen LogP contribution in [0.5, 0.6) is 5.75 Å². The third-order valence-electron chi connectivity index (χ3n) is 12.7. The number of likely N-dealkylation sites (N-methyl/N-ethyl adjacent to an activating group) is 1. The Balaban J connectivity index is 1.22. The molecule has 68 heavy (non-hydrogen) atoms. The fourth-order valence-corrected chi connectivity index (χ4v) is 9.38. The van der Waals surface area contributed by atoms with Crippen LogP contribution in [0.1, 0.15) is 70.6 Å². The molecule has 0 aliphatic carbocycles. The number of ether oxygens (including phenoxy) is 3. The van der Waals surface area contributed by atoms with Crippen molar-refractivity contribution in [3.05, 3.63) is 102 Å². The minimum Gasteiger partial charge on any atom is -0.494 e. The zero-order valence-corrected chi connectivity index (χ0v) is 40.5. The number of hydrogen-bond donors (Lipinski definition) is 2. The number of nitrogens with one attached hydrogen (secondary N) is 2. The number of pyridine rings is 1. The number of carbonyl (C=O) groups excluding carboxylic acids is 4. The van der Waals surface area contributed by atoms with E-state index in [2.05, 4.69) is 87.4 Å². The molecule has 3 atom stereocenters. The number of carbonyl (C=O) groups is 4. The zero-order chi connectivity index (χ0) is 48.5. The highest BCUT2D eigenvalue weighted by Gasteiger charge is 2.37. The van der Waals surface area contributed by atoms with Crippen molar-refractivity contribution in [2.45, 2.75) is 98.0 Å². The van der Waals surface area contributed by atoms with Crippen molar-refractivity contribution < 1.29 is 33.4 Å². The number of para-hydroxylation sites is 2. The summed E-state index contributed by atoms with van der Waals surface area (Å²) in [4.78, 5) is 71.0. The summed E-state index contributed by atoms with van der Waals surface area (Å²) in [6.45, 7) is 11.8. The second-order valence-corrected chi connectivity index (χ2v) is 18.7. The highest BCUT2D eigenvalue weighted by Crippen LogP contribution is 2.41. The van der Waals surface area contributed by atoms with E-state index in [1.54, 1.807) is 39.6 Å². The monoisotopic (exact) mass is 924 g/mol. The van der Waals surface area contributed by atoms with Crippen molar-refractivity contribution >= 4 is 46.3 Å². The molecule has 1 saturated heterocycles. The van der Waals surface area contributed by atoms with E-state index in [1.807, 2.05) is 50.4 Å². The van der Waals surface area contributed by atoms with Gasteiger partial charge in [-0.2, -0.15) is 4.99 Å². The van der Waals surface area contributed by atoms with Crippen molar-refractivity contribution in [1.82, 2.24) is 30.2 Å². The topological polar surface area (TPSA) is 169 Å². The van der Waals surface area contributed by atoms with E-state index in [1.165, 1.54) is 9.91 Å². The van der Waals surface area contributed by atoms with E-state index in [0.29, 0.717) is 50.4 Å². The van der Waals surface area contributed by atoms with Gasteiger partial charge in [-0.3, -0.25) is 29.2 Å². The number of cyclic esters (lactones) is 1. The van der Waals surface area contributed by atoms with Crippen LogP contribution >= 0.6 is 0 Å². The van der Waals surface area contributed by atoms with Gasteiger partial charge in [-0.15, -0.1) is 0 Å². The second-order valence-electron chi connectivity index (χ2n) is 18.7. The maximum atomic E-state index is 14.7. The van der Waals surface area contributed by atoms with Crippen molar-refractivity contribution in [3.8, 4) is 28.1 Å². The Morgan fingerprint density at radius 2 is 1.85 bits per heavy atom. The summed E-state index contributed by atoms with van der Waals surface area (Å²) in [5.74, 6) is -1.35. The molecule has 4 heterocycles. The highest BCUT2D eigenvalue weighted by molar-refractivity contribution is 5.96. The lowest BCUT2D eigenvalue weighted by atomic mass is 9.84. The van der Waals surface area contributed by atoms with E-state index in [9.17, 15) is 19.2 Å². The largest absolute Gasteiger partial charge is 0.494 e. The molecule has 5 aromatic rings. The normalized spacial score (nSPS) is 17.7. The lowest BCUT2D eigenvalue weighted by molar-refractivity contribution is -0.155. The molecule has 2 N–H and O–H groups in total. The number of benzene rings is 3. The Labute approximate surface area is 398 Å². The number of aliphatic imine (C=N–C) groups is 2. The number of hydrazine groups is 1. The number of hydrogen-bond acceptors (Lipinski definition) is 11. The quantitative estimate of drug-likeness (QED) is 0.0894. The minimum absolute atomic E-state index is 0.0129. The molecule has 0 unspecified atom stereocenters. The van der Waals surface area contributed by atoms with Gasteiger partial charge in [0.2, 0.25) is 11.8 Å². The molecular weight excluding hydrogens is 861 g/mol. The van der Waals surface area contributed by atoms with Gasteiger partial charge < -0.3 is 29.0 Å². The summed E-state index contributed by atoms with van der Waals surface area (Å²) in [5.41, 5.74) is 11.2. The SMILES string of the molecule is CCn1c(-c2cnccc2COC)c2c3cc(ccc31)-c1cccc(c1)C[C@H](NC(=O)[C@H](C(C)C)N(C)C(=O)CCN=C=Nc1ccccc1OC)C(=O)N1CCC[C@H](N1)C(=O)OCC(C)(C)C2. The van der Waals surface area contributed by atoms with Gasteiger partial charge in [-0.1, -0.05) is 70.2 Å².